The summed E-state index contributed by atoms with van der Waals surface area (Å²) in [7, 11) is -6.47. The second-order valence-electron chi connectivity index (χ2n) is 6.53. The molecule has 0 spiro atoms. The zero-order valence-corrected chi connectivity index (χ0v) is 16.5. The van der Waals surface area contributed by atoms with Crippen LogP contribution in [0.2, 0.25) is 58.9 Å². The van der Waals surface area contributed by atoms with Crippen molar-refractivity contribution in [2.45, 2.75) is 96.1 Å². The van der Waals surface area contributed by atoms with Crippen LogP contribution in [0.4, 0.5) is 0 Å². The third-order valence-corrected chi connectivity index (χ3v) is 13.7. The van der Waals surface area contributed by atoms with Crippen molar-refractivity contribution >= 4 is 34.5 Å². The zero-order chi connectivity index (χ0) is 13.2. The Kier molecular flexibility index (Phi) is 23.7. The minimum absolute atomic E-state index is 0. The number of hydrogen-bond acceptors (Lipinski definition) is 3. The van der Waals surface area contributed by atoms with Crippen molar-refractivity contribution in [3.63, 3.8) is 0 Å². The fourth-order valence-corrected chi connectivity index (χ4v) is 16.0. The van der Waals surface area contributed by atoms with E-state index in [1.807, 2.05) is 0 Å². The van der Waals surface area contributed by atoms with E-state index >= 15 is 0 Å². The Morgan fingerprint density at radius 1 is 0.571 bits per heavy atom. The fraction of sp³-hybridized carbons (Fsp3) is 1.00. The third kappa shape index (κ3) is 26.0. The summed E-state index contributed by atoms with van der Waals surface area (Å²) in [6.07, 6.45) is 0. The molecule has 3 nitrogen and oxygen atoms in total. The molecule has 0 radical (unpaired) electrons. The van der Waals surface area contributed by atoms with E-state index in [4.69, 9.17) is 12.3 Å². The maximum absolute atomic E-state index is 6.14. The Morgan fingerprint density at radius 2 is 0.905 bits per heavy atom. The van der Waals surface area contributed by atoms with Gasteiger partial charge < -0.3 is 12.3 Å². The van der Waals surface area contributed by atoms with Gasteiger partial charge in [-0.15, -0.1) is 0 Å². The van der Waals surface area contributed by atoms with Crippen molar-refractivity contribution in [1.82, 2.24) is 0 Å². The molecule has 0 saturated heterocycles. The summed E-state index contributed by atoms with van der Waals surface area (Å²) < 4.78 is 18.2. The zero-order valence-electron chi connectivity index (χ0n) is 12.3. The van der Waals surface area contributed by atoms with Gasteiger partial charge in [0.2, 0.25) is 0 Å². The average Bonchev–Trinajstić information content (AvgIpc) is 1.70. The van der Waals surface area contributed by atoms with Crippen LogP contribution in [0, 0.1) is 0 Å². The van der Waals surface area contributed by atoms with Crippen molar-refractivity contribution in [2.24, 2.45) is 0 Å². The molecule has 0 aliphatic heterocycles. The molecule has 7 heteroatoms. The molecule has 0 amide bonds. The molecule has 1 atom stereocenters. The van der Waals surface area contributed by atoms with E-state index in [1.54, 1.807) is 0 Å². The highest BCUT2D eigenvalue weighted by Crippen LogP contribution is 2.17. The van der Waals surface area contributed by atoms with E-state index in [2.05, 4.69) is 58.9 Å². The van der Waals surface area contributed by atoms with Crippen molar-refractivity contribution in [3.05, 3.63) is 0 Å². The maximum atomic E-state index is 6.14. The first-order chi connectivity index (χ1) is 6.81. The van der Waals surface area contributed by atoms with Gasteiger partial charge in [-0.3, -0.25) is 0 Å². The molecular weight excluding hydrogens is 328 g/mol. The van der Waals surface area contributed by atoms with Gasteiger partial charge in [-0.25, -0.2) is 0 Å². The van der Waals surface area contributed by atoms with Gasteiger partial charge in [0.25, 0.3) is 9.28 Å². The quantitative estimate of drug-likeness (QED) is 0.499. The molecule has 0 bridgehead atoms. The van der Waals surface area contributed by atoms with Crippen LogP contribution in [0.15, 0.2) is 0 Å². The van der Waals surface area contributed by atoms with Gasteiger partial charge in [0.1, 0.15) is 0 Å². The molecule has 0 aliphatic rings. The van der Waals surface area contributed by atoms with E-state index in [1.165, 1.54) is 0 Å². The molecule has 0 aromatic rings. The molecule has 0 saturated carbocycles. The van der Waals surface area contributed by atoms with Crippen LogP contribution in [0.5, 0.6) is 0 Å². The lowest BCUT2D eigenvalue weighted by Gasteiger charge is -2.34. The van der Waals surface area contributed by atoms with Crippen LogP contribution in [-0.4, -0.2) is 34.5 Å². The summed E-state index contributed by atoms with van der Waals surface area (Å²) in [6, 6.07) is 0. The van der Waals surface area contributed by atoms with E-state index in [0.29, 0.717) is 0 Å². The minimum Gasteiger partial charge on any atom is -0.439 e. The minimum atomic E-state index is -1.98. The summed E-state index contributed by atoms with van der Waals surface area (Å²) in [5, 5.41) is 0. The lowest BCUT2D eigenvalue weighted by Crippen LogP contribution is -2.49. The highest BCUT2D eigenvalue weighted by molar-refractivity contribution is 6.84. The number of hydrogen-bond donors (Lipinski definition) is 0. The van der Waals surface area contributed by atoms with Gasteiger partial charge >= 0.3 is 8.56 Å². The monoisotopic (exact) mass is 376 g/mol. The first-order valence-electron chi connectivity index (χ1n) is 5.87. The van der Waals surface area contributed by atoms with Gasteiger partial charge in [0, 0.05) is 0 Å². The molecule has 0 fully saturated rings. The Hall–Kier alpha value is 0.748. The SMILES string of the molecule is C.C.C.C.C.C[SiH](O[Si](C)(C)C)O[Si](C)(C)O[Si](C)(C)C. The number of rotatable bonds is 6. The van der Waals surface area contributed by atoms with Crippen LogP contribution in [0.1, 0.15) is 37.1 Å². The van der Waals surface area contributed by atoms with Gasteiger partial charge in [0.05, 0.1) is 0 Å². The molecule has 0 aromatic heterocycles. The van der Waals surface area contributed by atoms with Crippen molar-refractivity contribution in [3.8, 4) is 0 Å². The molecule has 0 rings (SSSR count). The Morgan fingerprint density at radius 3 is 1.14 bits per heavy atom. The lowest BCUT2D eigenvalue weighted by molar-refractivity contribution is 0.352. The Bertz CT molecular complexity index is 223. The van der Waals surface area contributed by atoms with Crippen LogP contribution >= 0.6 is 0 Å². The molecule has 0 aliphatic carbocycles. The first-order valence-corrected chi connectivity index (χ1v) is 17.6. The van der Waals surface area contributed by atoms with Gasteiger partial charge in [-0.1, -0.05) is 37.1 Å². The topological polar surface area (TPSA) is 27.7 Å². The molecule has 0 N–H and O–H groups in total. The maximum Gasteiger partial charge on any atom is 0.312 e. The van der Waals surface area contributed by atoms with E-state index in [9.17, 15) is 0 Å². The van der Waals surface area contributed by atoms with Crippen LogP contribution in [0.25, 0.3) is 0 Å². The largest absolute Gasteiger partial charge is 0.439 e. The van der Waals surface area contributed by atoms with Crippen LogP contribution in [0.3, 0.4) is 0 Å². The fourth-order valence-electron chi connectivity index (χ4n) is 1.68. The normalized spacial score (nSPS) is 12.4. The predicted octanol–water partition coefficient (Wildman–Crippen LogP) is 6.44. The van der Waals surface area contributed by atoms with Crippen molar-refractivity contribution in [1.29, 1.82) is 0 Å². The van der Waals surface area contributed by atoms with Gasteiger partial charge in [-0.05, 0) is 58.9 Å². The van der Waals surface area contributed by atoms with E-state index in [-0.39, 0.29) is 37.1 Å². The highest BCUT2D eigenvalue weighted by Gasteiger charge is 2.34. The molecular formula is C14H48O3Si4. The van der Waals surface area contributed by atoms with E-state index < -0.39 is 34.5 Å². The molecule has 0 aromatic carbocycles. The first kappa shape index (κ1) is 37.8. The molecule has 0 heterocycles. The molecule has 1 unspecified atom stereocenters. The standard InChI is InChI=1S/C9H28O3Si4.5CH4/c1-13(10-14(2,3)4)11-16(8,9)12-15(5,6)7;;;;;/h13H,1-9H3;5*1H4. The third-order valence-electron chi connectivity index (χ3n) is 1.52. The van der Waals surface area contributed by atoms with E-state index in [0.717, 1.165) is 0 Å². The smallest absolute Gasteiger partial charge is 0.312 e. The van der Waals surface area contributed by atoms with Gasteiger partial charge in [0.15, 0.2) is 16.6 Å². The summed E-state index contributed by atoms with van der Waals surface area (Å²) >= 11 is 0. The average molecular weight is 377 g/mol. The van der Waals surface area contributed by atoms with Gasteiger partial charge in [-0.2, -0.15) is 0 Å². The van der Waals surface area contributed by atoms with Crippen LogP contribution < -0.4 is 0 Å². The Labute approximate surface area is 143 Å². The Balaban J connectivity index is -0.000000112. The van der Waals surface area contributed by atoms with Crippen molar-refractivity contribution < 1.29 is 12.3 Å². The lowest BCUT2D eigenvalue weighted by atomic mass is 11.8. The predicted molar refractivity (Wildman–Crippen MR) is 114 cm³/mol. The summed E-state index contributed by atoms with van der Waals surface area (Å²) in [5.74, 6) is 0. The van der Waals surface area contributed by atoms with Crippen LogP contribution in [-0.2, 0) is 12.3 Å². The molecule has 21 heavy (non-hydrogen) atoms. The molecule has 138 valence electrons. The van der Waals surface area contributed by atoms with Crippen molar-refractivity contribution in [2.75, 3.05) is 0 Å². The summed E-state index contributed by atoms with van der Waals surface area (Å²) in [6.45, 7) is 19.6. The summed E-state index contributed by atoms with van der Waals surface area (Å²) in [5.41, 5.74) is 0. The second kappa shape index (κ2) is 13.2. The highest BCUT2D eigenvalue weighted by atomic mass is 28.5. The second-order valence-corrected chi connectivity index (χ2v) is 21.6. The summed E-state index contributed by atoms with van der Waals surface area (Å²) in [4.78, 5) is 0.